The van der Waals surface area contributed by atoms with Gasteiger partial charge in [0.1, 0.15) is 12.4 Å². The van der Waals surface area contributed by atoms with Gasteiger partial charge in [-0.2, -0.15) is 0 Å². The van der Waals surface area contributed by atoms with E-state index in [0.29, 0.717) is 32.2 Å². The number of nitrogens with one attached hydrogen (secondary N) is 1. The van der Waals surface area contributed by atoms with Gasteiger partial charge in [0.05, 0.1) is 15.6 Å². The molecule has 0 bridgehead atoms. The Hall–Kier alpha value is -1.72. The molecule has 3 nitrogen and oxygen atoms in total. The molecule has 1 N–H and O–H groups in total. The maximum absolute atomic E-state index is 12.3. The zero-order valence-corrected chi connectivity index (χ0v) is 15.8. The SMILES string of the molecule is O=C(Nc1ccc(Cl)cc1Cl)c1cc(COc2ccc(Cl)cc2)cs1. The maximum Gasteiger partial charge on any atom is 0.265 e. The van der Waals surface area contributed by atoms with Crippen molar-refractivity contribution in [1.29, 1.82) is 0 Å². The van der Waals surface area contributed by atoms with Gasteiger partial charge in [0.25, 0.3) is 5.91 Å². The van der Waals surface area contributed by atoms with Crippen molar-refractivity contribution in [3.63, 3.8) is 0 Å². The molecule has 25 heavy (non-hydrogen) atoms. The lowest BCUT2D eigenvalue weighted by molar-refractivity contribution is 0.103. The molecule has 0 saturated carbocycles. The smallest absolute Gasteiger partial charge is 0.265 e. The monoisotopic (exact) mass is 411 g/mol. The highest BCUT2D eigenvalue weighted by Gasteiger charge is 2.12. The Balaban J connectivity index is 1.62. The molecule has 0 radical (unpaired) electrons. The maximum atomic E-state index is 12.3. The van der Waals surface area contributed by atoms with E-state index >= 15 is 0 Å². The molecule has 1 amide bonds. The minimum atomic E-state index is -0.230. The van der Waals surface area contributed by atoms with Crippen molar-refractivity contribution in [3.8, 4) is 5.75 Å². The van der Waals surface area contributed by atoms with Crippen LogP contribution in [0.5, 0.6) is 5.75 Å². The topological polar surface area (TPSA) is 38.3 Å². The first kappa shape index (κ1) is 18.1. The predicted octanol–water partition coefficient (Wildman–Crippen LogP) is 6.54. The van der Waals surface area contributed by atoms with Crippen molar-refractivity contribution < 1.29 is 9.53 Å². The van der Waals surface area contributed by atoms with E-state index in [4.69, 9.17) is 39.5 Å². The number of benzene rings is 2. The normalized spacial score (nSPS) is 10.5. The molecule has 0 unspecified atom stereocenters. The van der Waals surface area contributed by atoms with Crippen LogP contribution in [0.15, 0.2) is 53.9 Å². The van der Waals surface area contributed by atoms with E-state index in [1.807, 2.05) is 5.38 Å². The summed E-state index contributed by atoms with van der Waals surface area (Å²) in [6.45, 7) is 0.368. The van der Waals surface area contributed by atoms with Crippen LogP contribution in [0.25, 0.3) is 0 Å². The Labute approximate surface area is 164 Å². The summed E-state index contributed by atoms with van der Waals surface area (Å²) < 4.78 is 5.67. The van der Waals surface area contributed by atoms with Crippen LogP contribution < -0.4 is 10.1 Å². The fraction of sp³-hybridized carbons (Fsp3) is 0.0556. The van der Waals surface area contributed by atoms with E-state index in [0.717, 1.165) is 11.3 Å². The van der Waals surface area contributed by atoms with Crippen LogP contribution in [-0.2, 0) is 6.61 Å². The summed E-state index contributed by atoms with van der Waals surface area (Å²) >= 11 is 19.1. The van der Waals surface area contributed by atoms with Crippen LogP contribution in [0.4, 0.5) is 5.69 Å². The standard InChI is InChI=1S/C18H12Cl3NO2S/c19-12-1-4-14(5-2-12)24-9-11-7-17(25-10-11)18(23)22-16-6-3-13(20)8-15(16)21/h1-8,10H,9H2,(H,22,23). The number of carbonyl (C=O) groups excluding carboxylic acids is 1. The van der Waals surface area contributed by atoms with Crippen molar-refractivity contribution in [1.82, 2.24) is 0 Å². The summed E-state index contributed by atoms with van der Waals surface area (Å²) in [5.74, 6) is 0.488. The number of amides is 1. The first-order valence-corrected chi connectivity index (χ1v) is 9.25. The molecule has 1 heterocycles. The van der Waals surface area contributed by atoms with Gasteiger partial charge in [0.2, 0.25) is 0 Å². The van der Waals surface area contributed by atoms with Crippen LogP contribution in [0.2, 0.25) is 15.1 Å². The third-order valence-corrected chi connectivity index (χ3v) is 5.05. The second-order valence-electron chi connectivity index (χ2n) is 5.14. The number of hydrogen-bond acceptors (Lipinski definition) is 3. The van der Waals surface area contributed by atoms with Gasteiger partial charge < -0.3 is 10.1 Å². The minimum absolute atomic E-state index is 0.230. The second-order valence-corrected chi connectivity index (χ2v) is 7.33. The Morgan fingerprint density at radius 1 is 1.00 bits per heavy atom. The number of ether oxygens (including phenoxy) is 1. The van der Waals surface area contributed by atoms with E-state index in [9.17, 15) is 4.79 Å². The lowest BCUT2D eigenvalue weighted by Gasteiger charge is -2.06. The summed E-state index contributed by atoms with van der Waals surface area (Å²) in [6.07, 6.45) is 0. The molecule has 2 aromatic carbocycles. The van der Waals surface area contributed by atoms with Crippen LogP contribution in [0.3, 0.4) is 0 Å². The highest BCUT2D eigenvalue weighted by molar-refractivity contribution is 7.12. The van der Waals surface area contributed by atoms with Crippen molar-refractivity contribution in [2.75, 3.05) is 5.32 Å². The molecule has 7 heteroatoms. The van der Waals surface area contributed by atoms with Crippen LogP contribution in [-0.4, -0.2) is 5.91 Å². The number of hydrogen-bond donors (Lipinski definition) is 1. The number of thiophene rings is 1. The van der Waals surface area contributed by atoms with E-state index in [2.05, 4.69) is 5.32 Å². The Morgan fingerprint density at radius 2 is 1.72 bits per heavy atom. The van der Waals surface area contributed by atoms with Gasteiger partial charge in [-0.1, -0.05) is 34.8 Å². The highest BCUT2D eigenvalue weighted by Crippen LogP contribution is 2.27. The van der Waals surface area contributed by atoms with Gasteiger partial charge in [0, 0.05) is 15.6 Å². The molecule has 0 saturated heterocycles. The van der Waals surface area contributed by atoms with Crippen molar-refractivity contribution in [3.05, 3.63) is 79.4 Å². The third-order valence-electron chi connectivity index (χ3n) is 3.28. The molecule has 3 rings (SSSR count). The van der Waals surface area contributed by atoms with Gasteiger partial charge >= 0.3 is 0 Å². The second kappa shape index (κ2) is 8.11. The van der Waals surface area contributed by atoms with E-state index < -0.39 is 0 Å². The Morgan fingerprint density at radius 3 is 2.44 bits per heavy atom. The van der Waals surface area contributed by atoms with Gasteiger partial charge in [-0.3, -0.25) is 4.79 Å². The largest absolute Gasteiger partial charge is 0.489 e. The van der Waals surface area contributed by atoms with Gasteiger partial charge in [-0.25, -0.2) is 0 Å². The van der Waals surface area contributed by atoms with Crippen LogP contribution in [0.1, 0.15) is 15.2 Å². The van der Waals surface area contributed by atoms with Crippen LogP contribution >= 0.6 is 46.1 Å². The third kappa shape index (κ3) is 4.89. The van der Waals surface area contributed by atoms with E-state index in [1.165, 1.54) is 11.3 Å². The zero-order chi connectivity index (χ0) is 17.8. The lowest BCUT2D eigenvalue weighted by atomic mass is 10.3. The minimum Gasteiger partial charge on any atom is -0.489 e. The summed E-state index contributed by atoms with van der Waals surface area (Å²) in [7, 11) is 0. The number of rotatable bonds is 5. The van der Waals surface area contributed by atoms with Crippen molar-refractivity contribution in [2.24, 2.45) is 0 Å². The molecule has 0 aliphatic heterocycles. The zero-order valence-electron chi connectivity index (χ0n) is 12.8. The lowest BCUT2D eigenvalue weighted by Crippen LogP contribution is -2.10. The molecule has 3 aromatic rings. The van der Waals surface area contributed by atoms with Gasteiger partial charge in [0.15, 0.2) is 0 Å². The van der Waals surface area contributed by atoms with Crippen molar-refractivity contribution >= 4 is 57.7 Å². The number of halogens is 3. The first-order chi connectivity index (χ1) is 12.0. The molecular weight excluding hydrogens is 401 g/mol. The predicted molar refractivity (Wildman–Crippen MR) is 105 cm³/mol. The van der Waals surface area contributed by atoms with Gasteiger partial charge in [-0.05, 0) is 53.9 Å². The molecule has 0 atom stereocenters. The van der Waals surface area contributed by atoms with Gasteiger partial charge in [-0.15, -0.1) is 11.3 Å². The molecule has 128 valence electrons. The number of anilines is 1. The van der Waals surface area contributed by atoms with E-state index in [1.54, 1.807) is 48.5 Å². The molecule has 0 aliphatic carbocycles. The highest BCUT2D eigenvalue weighted by atomic mass is 35.5. The summed E-state index contributed by atoms with van der Waals surface area (Å²) in [4.78, 5) is 12.9. The van der Waals surface area contributed by atoms with Crippen molar-refractivity contribution in [2.45, 2.75) is 6.61 Å². The van der Waals surface area contributed by atoms with E-state index in [-0.39, 0.29) is 5.91 Å². The quantitative estimate of drug-likeness (QED) is 0.516. The van der Waals surface area contributed by atoms with Crippen LogP contribution in [0, 0.1) is 0 Å². The average molecular weight is 413 g/mol. The Bertz CT molecular complexity index is 894. The molecule has 1 aromatic heterocycles. The summed E-state index contributed by atoms with van der Waals surface area (Å²) in [5.41, 5.74) is 1.43. The molecule has 0 aliphatic rings. The number of carbonyl (C=O) groups is 1. The summed E-state index contributed by atoms with van der Waals surface area (Å²) in [5, 5.41) is 6.22. The average Bonchev–Trinajstić information content (AvgIpc) is 3.06. The fourth-order valence-corrected chi connectivity index (χ4v) is 3.42. The Kier molecular flexibility index (Phi) is 5.86. The molecular formula is C18H12Cl3NO2S. The fourth-order valence-electron chi connectivity index (χ4n) is 2.04. The summed E-state index contributed by atoms with van der Waals surface area (Å²) in [6, 6.07) is 13.8. The molecule has 0 spiro atoms. The molecule has 0 fully saturated rings. The first-order valence-electron chi connectivity index (χ1n) is 7.23.